The van der Waals surface area contributed by atoms with E-state index in [1.807, 2.05) is 12.1 Å². The van der Waals surface area contributed by atoms with Crippen LogP contribution >= 0.6 is 11.5 Å². The molecule has 5 nitrogen and oxygen atoms in total. The van der Waals surface area contributed by atoms with Crippen molar-refractivity contribution in [3.8, 4) is 11.5 Å². The molecule has 0 bridgehead atoms. The Labute approximate surface area is 108 Å². The number of methoxy groups -OCH3 is 1. The van der Waals surface area contributed by atoms with Crippen LogP contribution < -0.4 is 9.47 Å². The van der Waals surface area contributed by atoms with Crippen molar-refractivity contribution in [3.63, 3.8) is 0 Å². The van der Waals surface area contributed by atoms with Crippen LogP contribution in [0, 0.1) is 0 Å². The number of ether oxygens (including phenoxy) is 2. The van der Waals surface area contributed by atoms with E-state index >= 15 is 0 Å². The lowest BCUT2D eigenvalue weighted by Gasteiger charge is -2.09. The minimum absolute atomic E-state index is 0.151. The zero-order valence-electron chi connectivity index (χ0n) is 9.62. The Morgan fingerprint density at radius 1 is 1.39 bits per heavy atom. The Hall–Kier alpha value is -2.08. The average Bonchev–Trinajstić information content (AvgIpc) is 2.85. The molecular formula is C12H11NO4S. The summed E-state index contributed by atoms with van der Waals surface area (Å²) < 4.78 is 14.5. The maximum absolute atomic E-state index is 10.9. The number of benzene rings is 1. The van der Waals surface area contributed by atoms with Gasteiger partial charge in [-0.25, -0.2) is 4.79 Å². The van der Waals surface area contributed by atoms with E-state index in [1.54, 1.807) is 19.2 Å². The molecule has 0 unspecified atom stereocenters. The summed E-state index contributed by atoms with van der Waals surface area (Å²) >= 11 is 0.942. The van der Waals surface area contributed by atoms with Gasteiger partial charge in [-0.15, -0.1) is 0 Å². The molecular weight excluding hydrogens is 254 g/mol. The van der Waals surface area contributed by atoms with Crippen molar-refractivity contribution in [2.24, 2.45) is 0 Å². The number of carboxylic acids is 1. The molecule has 0 saturated carbocycles. The van der Waals surface area contributed by atoms with Crippen molar-refractivity contribution in [1.82, 2.24) is 4.37 Å². The number of aromatic carboxylic acids is 1. The van der Waals surface area contributed by atoms with E-state index in [9.17, 15) is 4.79 Å². The van der Waals surface area contributed by atoms with Gasteiger partial charge in [0.15, 0.2) is 11.5 Å². The van der Waals surface area contributed by atoms with E-state index in [-0.39, 0.29) is 11.5 Å². The number of para-hydroxylation sites is 2. The van der Waals surface area contributed by atoms with Gasteiger partial charge in [-0.05, 0) is 23.7 Å². The minimum atomic E-state index is -0.990. The minimum Gasteiger partial charge on any atom is -0.493 e. The molecule has 0 fully saturated rings. The molecule has 0 aliphatic heterocycles. The van der Waals surface area contributed by atoms with Gasteiger partial charge in [0.2, 0.25) is 0 Å². The Kier molecular flexibility index (Phi) is 3.78. The molecule has 0 saturated heterocycles. The van der Waals surface area contributed by atoms with Crippen molar-refractivity contribution in [2.75, 3.05) is 7.11 Å². The number of nitrogens with zero attached hydrogens (tertiary/aromatic N) is 1. The first kappa shape index (κ1) is 12.4. The summed E-state index contributed by atoms with van der Waals surface area (Å²) in [5.41, 5.74) is 0.554. The molecule has 0 atom stereocenters. The summed E-state index contributed by atoms with van der Waals surface area (Å²) in [5, 5.41) is 8.94. The summed E-state index contributed by atoms with van der Waals surface area (Å²) in [4.78, 5) is 11.1. The molecule has 18 heavy (non-hydrogen) atoms. The highest BCUT2D eigenvalue weighted by molar-refractivity contribution is 7.08. The maximum atomic E-state index is 10.9. The quantitative estimate of drug-likeness (QED) is 0.899. The smallest absolute Gasteiger partial charge is 0.347 e. The van der Waals surface area contributed by atoms with Crippen molar-refractivity contribution in [1.29, 1.82) is 0 Å². The van der Waals surface area contributed by atoms with Crippen molar-refractivity contribution in [2.45, 2.75) is 6.61 Å². The number of carbonyl (C=O) groups is 1. The van der Waals surface area contributed by atoms with Crippen LogP contribution in [0.3, 0.4) is 0 Å². The molecule has 1 aromatic heterocycles. The van der Waals surface area contributed by atoms with Gasteiger partial charge < -0.3 is 14.6 Å². The summed E-state index contributed by atoms with van der Waals surface area (Å²) in [5.74, 6) is 0.191. The summed E-state index contributed by atoms with van der Waals surface area (Å²) in [7, 11) is 1.55. The Morgan fingerprint density at radius 2 is 2.11 bits per heavy atom. The lowest BCUT2D eigenvalue weighted by Crippen LogP contribution is -2.02. The Balaban J connectivity index is 2.11. The first-order valence-electron chi connectivity index (χ1n) is 5.15. The van der Waals surface area contributed by atoms with Crippen LogP contribution in [0.4, 0.5) is 0 Å². The SMILES string of the molecule is COc1ccccc1OCc1cnsc1C(=O)O. The number of carboxylic acid groups (broad SMARTS) is 1. The second-order valence-corrected chi connectivity index (χ2v) is 4.23. The van der Waals surface area contributed by atoms with Crippen LogP contribution in [-0.2, 0) is 6.61 Å². The molecule has 0 amide bonds. The fourth-order valence-electron chi connectivity index (χ4n) is 1.43. The van der Waals surface area contributed by atoms with Crippen LogP contribution in [0.2, 0.25) is 0 Å². The first-order valence-corrected chi connectivity index (χ1v) is 5.92. The van der Waals surface area contributed by atoms with Gasteiger partial charge in [-0.1, -0.05) is 12.1 Å². The van der Waals surface area contributed by atoms with E-state index in [0.29, 0.717) is 17.1 Å². The van der Waals surface area contributed by atoms with Gasteiger partial charge in [0.25, 0.3) is 0 Å². The molecule has 0 aliphatic rings. The molecule has 6 heteroatoms. The molecule has 2 aromatic rings. The molecule has 1 N–H and O–H groups in total. The molecule has 0 spiro atoms. The molecule has 94 valence electrons. The summed E-state index contributed by atoms with van der Waals surface area (Å²) in [6, 6.07) is 7.20. The zero-order chi connectivity index (χ0) is 13.0. The van der Waals surface area contributed by atoms with Crippen molar-refractivity contribution in [3.05, 3.63) is 40.9 Å². The van der Waals surface area contributed by atoms with E-state index < -0.39 is 5.97 Å². The third-order valence-electron chi connectivity index (χ3n) is 2.29. The topological polar surface area (TPSA) is 68.7 Å². The molecule has 1 heterocycles. The molecule has 0 aliphatic carbocycles. The number of hydrogen-bond acceptors (Lipinski definition) is 5. The van der Waals surface area contributed by atoms with Gasteiger partial charge in [0.1, 0.15) is 11.5 Å². The van der Waals surface area contributed by atoms with Crippen LogP contribution in [0.5, 0.6) is 11.5 Å². The number of rotatable bonds is 5. The third-order valence-corrected chi connectivity index (χ3v) is 3.12. The summed E-state index contributed by atoms with van der Waals surface area (Å²) in [6.07, 6.45) is 1.50. The highest BCUT2D eigenvalue weighted by Crippen LogP contribution is 2.27. The van der Waals surface area contributed by atoms with Crippen molar-refractivity contribution >= 4 is 17.5 Å². The molecule has 1 aromatic carbocycles. The second-order valence-electron chi connectivity index (χ2n) is 3.42. The predicted molar refractivity (Wildman–Crippen MR) is 66.4 cm³/mol. The number of aromatic nitrogens is 1. The van der Waals surface area contributed by atoms with Gasteiger partial charge in [-0.3, -0.25) is 0 Å². The highest BCUT2D eigenvalue weighted by Gasteiger charge is 2.14. The predicted octanol–water partition coefficient (Wildman–Crippen LogP) is 2.43. The highest BCUT2D eigenvalue weighted by atomic mass is 32.1. The summed E-state index contributed by atoms with van der Waals surface area (Å²) in [6.45, 7) is 0.151. The van der Waals surface area contributed by atoms with Gasteiger partial charge >= 0.3 is 5.97 Å². The monoisotopic (exact) mass is 265 g/mol. The Morgan fingerprint density at radius 3 is 2.78 bits per heavy atom. The normalized spacial score (nSPS) is 10.1. The van der Waals surface area contributed by atoms with Crippen LogP contribution in [-0.4, -0.2) is 22.6 Å². The fourth-order valence-corrected chi connectivity index (χ4v) is 2.03. The van der Waals surface area contributed by atoms with E-state index in [2.05, 4.69) is 4.37 Å². The van der Waals surface area contributed by atoms with Gasteiger partial charge in [0.05, 0.1) is 7.11 Å². The van der Waals surface area contributed by atoms with E-state index in [0.717, 1.165) is 11.5 Å². The molecule has 2 rings (SSSR count). The van der Waals surface area contributed by atoms with Crippen molar-refractivity contribution < 1.29 is 19.4 Å². The lowest BCUT2D eigenvalue weighted by molar-refractivity contribution is 0.0699. The number of hydrogen-bond donors (Lipinski definition) is 1. The maximum Gasteiger partial charge on any atom is 0.347 e. The van der Waals surface area contributed by atoms with E-state index in [4.69, 9.17) is 14.6 Å². The standard InChI is InChI=1S/C12H11NO4S/c1-16-9-4-2-3-5-10(9)17-7-8-6-13-18-11(8)12(14)15/h2-6H,7H2,1H3,(H,14,15). The Bertz CT molecular complexity index is 553. The van der Waals surface area contributed by atoms with E-state index in [1.165, 1.54) is 6.20 Å². The average molecular weight is 265 g/mol. The van der Waals surface area contributed by atoms with Crippen LogP contribution in [0.1, 0.15) is 15.2 Å². The van der Waals surface area contributed by atoms with Crippen LogP contribution in [0.15, 0.2) is 30.5 Å². The lowest BCUT2D eigenvalue weighted by atomic mass is 10.3. The fraction of sp³-hybridized carbons (Fsp3) is 0.167. The van der Waals surface area contributed by atoms with Gasteiger partial charge in [0, 0.05) is 11.8 Å². The third kappa shape index (κ3) is 2.60. The zero-order valence-corrected chi connectivity index (χ0v) is 10.4. The first-order chi connectivity index (χ1) is 8.72. The van der Waals surface area contributed by atoms with Gasteiger partial charge in [-0.2, -0.15) is 4.37 Å². The molecule has 0 radical (unpaired) electrons. The second kappa shape index (κ2) is 5.50. The van der Waals surface area contributed by atoms with Crippen LogP contribution in [0.25, 0.3) is 0 Å². The largest absolute Gasteiger partial charge is 0.493 e.